The van der Waals surface area contributed by atoms with E-state index in [2.05, 4.69) is 10.3 Å². The van der Waals surface area contributed by atoms with Crippen LogP contribution in [0.25, 0.3) is 10.2 Å². The van der Waals surface area contributed by atoms with Gasteiger partial charge in [0.1, 0.15) is 10.6 Å². The van der Waals surface area contributed by atoms with E-state index in [1.54, 1.807) is 30.3 Å². The molecule has 0 atom stereocenters. The van der Waals surface area contributed by atoms with Crippen molar-refractivity contribution in [1.82, 2.24) is 9.55 Å². The molecule has 24 heavy (non-hydrogen) atoms. The Bertz CT molecular complexity index is 899. The maximum Gasteiger partial charge on any atom is 0.262 e. The normalized spacial score (nSPS) is 10.7. The lowest BCUT2D eigenvalue weighted by atomic mass is 10.3. The Kier molecular flexibility index (Phi) is 4.90. The van der Waals surface area contributed by atoms with Crippen LogP contribution in [0, 0.1) is 0 Å². The second-order valence-electron chi connectivity index (χ2n) is 5.14. The molecule has 1 amide bonds. The van der Waals surface area contributed by atoms with E-state index in [0.29, 0.717) is 24.2 Å². The van der Waals surface area contributed by atoms with Crippen LogP contribution in [0.15, 0.2) is 46.8 Å². The van der Waals surface area contributed by atoms with E-state index >= 15 is 0 Å². The number of amides is 1. The number of ether oxygens (including phenoxy) is 1. The summed E-state index contributed by atoms with van der Waals surface area (Å²) in [5.41, 5.74) is 0.581. The number of anilines is 1. The average Bonchev–Trinajstić information content (AvgIpc) is 3.06. The summed E-state index contributed by atoms with van der Waals surface area (Å²) in [6.07, 6.45) is 1.69. The zero-order chi connectivity index (χ0) is 16.9. The van der Waals surface area contributed by atoms with Crippen molar-refractivity contribution < 1.29 is 9.53 Å². The Balaban J connectivity index is 1.60. The molecule has 0 spiro atoms. The zero-order valence-corrected chi connectivity index (χ0v) is 14.0. The molecule has 0 saturated heterocycles. The summed E-state index contributed by atoms with van der Waals surface area (Å²) < 4.78 is 6.82. The highest BCUT2D eigenvalue weighted by Crippen LogP contribution is 2.16. The van der Waals surface area contributed by atoms with E-state index in [1.165, 1.54) is 22.2 Å². The Morgan fingerprint density at radius 2 is 2.08 bits per heavy atom. The molecule has 1 N–H and O–H groups in total. The van der Waals surface area contributed by atoms with Gasteiger partial charge in [-0.3, -0.25) is 14.2 Å². The molecule has 124 valence electrons. The van der Waals surface area contributed by atoms with Gasteiger partial charge in [-0.25, -0.2) is 4.98 Å². The van der Waals surface area contributed by atoms with Crippen molar-refractivity contribution in [3.05, 3.63) is 52.4 Å². The van der Waals surface area contributed by atoms with E-state index < -0.39 is 0 Å². The number of nitrogens with zero attached hydrogens (tertiary/aromatic N) is 2. The largest absolute Gasteiger partial charge is 0.494 e. The molecule has 0 aliphatic carbocycles. The van der Waals surface area contributed by atoms with Crippen molar-refractivity contribution >= 4 is 33.1 Å². The molecule has 0 bridgehead atoms. The van der Waals surface area contributed by atoms with Gasteiger partial charge in [0, 0.05) is 18.7 Å². The van der Waals surface area contributed by atoms with Crippen LogP contribution in [0.2, 0.25) is 0 Å². The van der Waals surface area contributed by atoms with Gasteiger partial charge in [-0.1, -0.05) is 0 Å². The fourth-order valence-electron chi connectivity index (χ4n) is 2.30. The molecule has 0 aliphatic heterocycles. The highest BCUT2D eigenvalue weighted by Gasteiger charge is 2.08. The molecule has 0 saturated carbocycles. The second kappa shape index (κ2) is 7.27. The first-order valence-electron chi connectivity index (χ1n) is 7.62. The Morgan fingerprint density at radius 1 is 1.29 bits per heavy atom. The molecular weight excluding hydrogens is 326 g/mol. The first kappa shape index (κ1) is 16.2. The van der Waals surface area contributed by atoms with Crippen molar-refractivity contribution in [2.45, 2.75) is 19.9 Å². The minimum Gasteiger partial charge on any atom is -0.494 e. The highest BCUT2D eigenvalue weighted by atomic mass is 32.1. The number of rotatable bonds is 6. The molecule has 3 aromatic rings. The number of hydrogen-bond donors (Lipinski definition) is 1. The van der Waals surface area contributed by atoms with Gasteiger partial charge in [0.2, 0.25) is 5.91 Å². The van der Waals surface area contributed by atoms with Gasteiger partial charge in [0.25, 0.3) is 5.56 Å². The Labute approximate surface area is 142 Å². The van der Waals surface area contributed by atoms with E-state index in [9.17, 15) is 9.59 Å². The summed E-state index contributed by atoms with van der Waals surface area (Å²) in [5.74, 6) is 0.605. The lowest BCUT2D eigenvalue weighted by molar-refractivity contribution is -0.116. The summed E-state index contributed by atoms with van der Waals surface area (Å²) in [7, 11) is 0. The standard InChI is InChI=1S/C17H17N3O3S/c1-2-23-13-5-3-12(4-6-13)19-15(21)7-9-20-11-18-16-14(17(20)22)8-10-24-16/h3-6,8,10-11H,2,7,9H2,1H3,(H,19,21). The van der Waals surface area contributed by atoms with Crippen LogP contribution in [0.3, 0.4) is 0 Å². The van der Waals surface area contributed by atoms with Crippen molar-refractivity contribution in [3.8, 4) is 5.75 Å². The lowest BCUT2D eigenvalue weighted by Gasteiger charge is -2.08. The number of carbonyl (C=O) groups is 1. The molecule has 6 nitrogen and oxygen atoms in total. The van der Waals surface area contributed by atoms with E-state index in [1.807, 2.05) is 12.3 Å². The van der Waals surface area contributed by atoms with Crippen molar-refractivity contribution in [2.24, 2.45) is 0 Å². The number of benzene rings is 1. The molecule has 0 aliphatic rings. The molecular formula is C17H17N3O3S. The average molecular weight is 343 g/mol. The molecule has 2 heterocycles. The van der Waals surface area contributed by atoms with Crippen LogP contribution in [0.5, 0.6) is 5.75 Å². The van der Waals surface area contributed by atoms with Crippen LogP contribution < -0.4 is 15.6 Å². The molecule has 1 aromatic carbocycles. The molecule has 7 heteroatoms. The van der Waals surface area contributed by atoms with Crippen molar-refractivity contribution in [2.75, 3.05) is 11.9 Å². The number of nitrogens with one attached hydrogen (secondary N) is 1. The van der Waals surface area contributed by atoms with E-state index in [0.717, 1.165) is 10.6 Å². The predicted molar refractivity (Wildman–Crippen MR) is 94.7 cm³/mol. The van der Waals surface area contributed by atoms with Gasteiger partial charge < -0.3 is 10.1 Å². The third-order valence-electron chi connectivity index (χ3n) is 3.48. The lowest BCUT2D eigenvalue weighted by Crippen LogP contribution is -2.23. The van der Waals surface area contributed by atoms with Crippen LogP contribution in [0.4, 0.5) is 5.69 Å². The summed E-state index contributed by atoms with van der Waals surface area (Å²) in [6.45, 7) is 2.81. The van der Waals surface area contributed by atoms with Crippen LogP contribution in [0.1, 0.15) is 13.3 Å². The van der Waals surface area contributed by atoms with Crippen molar-refractivity contribution in [1.29, 1.82) is 0 Å². The van der Waals surface area contributed by atoms with Gasteiger partial charge in [-0.15, -0.1) is 11.3 Å². The maximum absolute atomic E-state index is 12.2. The molecule has 2 aromatic heterocycles. The summed E-state index contributed by atoms with van der Waals surface area (Å²) >= 11 is 1.43. The predicted octanol–water partition coefficient (Wildman–Crippen LogP) is 2.89. The highest BCUT2D eigenvalue weighted by molar-refractivity contribution is 7.16. The van der Waals surface area contributed by atoms with Crippen LogP contribution in [-0.4, -0.2) is 22.1 Å². The second-order valence-corrected chi connectivity index (χ2v) is 6.03. The summed E-state index contributed by atoms with van der Waals surface area (Å²) in [4.78, 5) is 29.2. The van der Waals surface area contributed by atoms with Crippen LogP contribution in [-0.2, 0) is 11.3 Å². The molecule has 0 radical (unpaired) electrons. The van der Waals surface area contributed by atoms with Gasteiger partial charge in [0.15, 0.2) is 0 Å². The molecule has 0 fully saturated rings. The van der Waals surface area contributed by atoms with Gasteiger partial charge >= 0.3 is 0 Å². The number of carbonyl (C=O) groups excluding carboxylic acids is 1. The Hall–Kier alpha value is -2.67. The molecule has 0 unspecified atom stereocenters. The third kappa shape index (κ3) is 3.62. The van der Waals surface area contributed by atoms with Gasteiger partial charge in [0.05, 0.1) is 18.3 Å². The quantitative estimate of drug-likeness (QED) is 0.747. The topological polar surface area (TPSA) is 73.2 Å². The number of thiophene rings is 1. The van der Waals surface area contributed by atoms with E-state index in [-0.39, 0.29) is 17.9 Å². The smallest absolute Gasteiger partial charge is 0.262 e. The first-order chi connectivity index (χ1) is 11.7. The van der Waals surface area contributed by atoms with Gasteiger partial charge in [-0.2, -0.15) is 0 Å². The number of fused-ring (bicyclic) bond motifs is 1. The zero-order valence-electron chi connectivity index (χ0n) is 13.2. The molecule has 3 rings (SSSR count). The Morgan fingerprint density at radius 3 is 2.83 bits per heavy atom. The minimum atomic E-state index is -0.156. The fraction of sp³-hybridized carbons (Fsp3) is 0.235. The number of aryl methyl sites for hydroxylation is 1. The maximum atomic E-state index is 12.2. The first-order valence-corrected chi connectivity index (χ1v) is 8.50. The van der Waals surface area contributed by atoms with Crippen LogP contribution >= 0.6 is 11.3 Å². The van der Waals surface area contributed by atoms with E-state index in [4.69, 9.17) is 4.74 Å². The summed E-state index contributed by atoms with van der Waals surface area (Å²) in [6, 6.07) is 8.93. The number of aromatic nitrogens is 2. The fourth-order valence-corrected chi connectivity index (χ4v) is 3.02. The minimum absolute atomic E-state index is 0.116. The monoisotopic (exact) mass is 343 g/mol. The number of hydrogen-bond acceptors (Lipinski definition) is 5. The van der Waals surface area contributed by atoms with Gasteiger partial charge in [-0.05, 0) is 42.6 Å². The summed E-state index contributed by atoms with van der Waals surface area (Å²) in [5, 5.41) is 5.23. The third-order valence-corrected chi connectivity index (χ3v) is 4.30. The SMILES string of the molecule is CCOc1ccc(NC(=O)CCn2cnc3sccc3c2=O)cc1. The van der Waals surface area contributed by atoms with Crippen molar-refractivity contribution in [3.63, 3.8) is 0 Å².